The summed E-state index contributed by atoms with van der Waals surface area (Å²) in [6.07, 6.45) is -11.2. The maximum Gasteiger partial charge on any atom is 0.523 e. The molecule has 4 aliphatic rings. The van der Waals surface area contributed by atoms with E-state index in [0.29, 0.717) is 0 Å². The van der Waals surface area contributed by atoms with Crippen molar-refractivity contribution in [3.05, 3.63) is 47.9 Å². The van der Waals surface area contributed by atoms with E-state index in [9.17, 15) is 36.3 Å². The normalized spacial score (nSPS) is 29.9. The molecule has 1 aromatic carbocycles. The predicted octanol–water partition coefficient (Wildman–Crippen LogP) is 8.09. The summed E-state index contributed by atoms with van der Waals surface area (Å²) in [6.45, 7) is 22.0. The van der Waals surface area contributed by atoms with Crippen LogP contribution in [0.4, 0.5) is 18.0 Å². The van der Waals surface area contributed by atoms with Gasteiger partial charge in [-0.2, -0.15) is 21.6 Å². The molecule has 2 N–H and O–H groups in total. The first-order valence-corrected chi connectivity index (χ1v) is 29.3. The maximum absolute atomic E-state index is 15.7. The standard InChI is InChI=1S/C53H74F3NO19SSi/c1-26(2)78(27(3)4,28(5)6)76-41(39(34-18-17-21-69-34)57-47(63)74-48(9,10)11)46(62)71-35-24-52(64)44(72-45(61)32-22-31(67-15)19-20-33(32)68-16)42-50(14,43(60)40(59)38(29(35)7)49(52,12)13)36(75-77(65,66)53(54,55)56)23-37-51(42,25-70-37)73-30(8)58/h17-22,26-29,35-39,41-42,44,64H,23-25H2,1-16H3,(H,57,63)/t29?,35-,36-,37+,38?,39-,41+,42-,44-,50+,51-,52+/m0/s1. The third-order valence-corrected chi connectivity index (χ3v) is 23.8. The summed E-state index contributed by atoms with van der Waals surface area (Å²) in [7, 11) is -7.30. The number of furan rings is 1. The third-order valence-electron chi connectivity index (χ3n) is 16.7. The molecule has 3 saturated carbocycles. The lowest BCUT2D eigenvalue weighted by atomic mass is 9.42. The summed E-state index contributed by atoms with van der Waals surface area (Å²) in [5.74, 6) is -11.7. The number of carbonyl (C=O) groups is 6. The first-order chi connectivity index (χ1) is 35.8. The Bertz CT molecular complexity index is 2700. The van der Waals surface area contributed by atoms with Gasteiger partial charge >= 0.3 is 39.6 Å². The summed E-state index contributed by atoms with van der Waals surface area (Å²) >= 11 is 0. The van der Waals surface area contributed by atoms with E-state index in [-0.39, 0.29) is 39.4 Å². The Balaban J connectivity index is 1.63. The van der Waals surface area contributed by atoms with Crippen LogP contribution >= 0.6 is 0 Å². The van der Waals surface area contributed by atoms with E-state index in [0.717, 1.165) is 13.8 Å². The number of hydrogen-bond donors (Lipinski definition) is 2. The SMILES string of the molecule is COc1ccc(OC)c(C(=O)O[C@H]2[C@@H]3[C@]4(OC(C)=O)CO[C@@H]4C[C@H](OS(=O)(=O)C(F)(F)F)[C@@]3(C)C(=O)C(=O)C3C(C)[C@@H](OC(=O)[C@H](O[Si](C(C)C)(C(C)C)C(C)C)[C@@H](NC(=O)OC(C)(C)C)c4ccco4)C[C@]2(O)C3(C)C)c1. The van der Waals surface area contributed by atoms with Gasteiger partial charge in [-0.25, -0.2) is 14.4 Å². The van der Waals surface area contributed by atoms with Crippen molar-refractivity contribution in [3.63, 3.8) is 0 Å². The minimum atomic E-state index is -6.61. The number of Topliss-reactive ketones (excluding diaryl/α,β-unsaturated/α-hetero) is 2. The number of methoxy groups -OCH3 is 2. The second-order valence-corrected chi connectivity index (χ2v) is 30.5. The fourth-order valence-electron chi connectivity index (χ4n) is 13.1. The Labute approximate surface area is 453 Å². The minimum Gasteiger partial charge on any atom is -0.497 e. The monoisotopic (exact) mass is 1150 g/mol. The van der Waals surface area contributed by atoms with E-state index < -0.39 is 161 Å². The number of ketones is 2. The molecule has 3 aliphatic carbocycles. The molecule has 0 radical (unpaired) electrons. The van der Waals surface area contributed by atoms with Crippen LogP contribution in [0.3, 0.4) is 0 Å². The molecule has 1 aliphatic heterocycles. The lowest BCUT2D eigenvalue weighted by Gasteiger charge is -2.68. The van der Waals surface area contributed by atoms with Crippen LogP contribution in [0, 0.1) is 28.6 Å². The largest absolute Gasteiger partial charge is 0.523 e. The van der Waals surface area contributed by atoms with E-state index in [1.807, 2.05) is 41.5 Å². The highest BCUT2D eigenvalue weighted by Gasteiger charge is 2.80. The number of amides is 1. The Hall–Kier alpha value is -5.08. The Morgan fingerprint density at radius 3 is 2.03 bits per heavy atom. The molecule has 12 atom stereocenters. The van der Waals surface area contributed by atoms with Gasteiger partial charge in [-0.1, -0.05) is 62.3 Å². The Kier molecular flexibility index (Phi) is 17.3. The maximum atomic E-state index is 15.7. The topological polar surface area (TPSA) is 265 Å². The second-order valence-electron chi connectivity index (χ2n) is 23.6. The van der Waals surface area contributed by atoms with Gasteiger partial charge < -0.3 is 52.4 Å². The first kappa shape index (κ1) is 62.1. The zero-order valence-electron chi connectivity index (χ0n) is 46.9. The number of rotatable bonds is 17. The van der Waals surface area contributed by atoms with Crippen LogP contribution < -0.4 is 14.8 Å². The molecule has 2 unspecified atom stereocenters. The van der Waals surface area contributed by atoms with Gasteiger partial charge in [0, 0.05) is 37.0 Å². The quantitative estimate of drug-likeness (QED) is 0.0378. The fraction of sp³-hybridized carbons (Fsp3) is 0.698. The Morgan fingerprint density at radius 1 is 0.923 bits per heavy atom. The predicted molar refractivity (Wildman–Crippen MR) is 272 cm³/mol. The molecule has 1 saturated heterocycles. The number of esters is 3. The van der Waals surface area contributed by atoms with Crippen LogP contribution in [0.5, 0.6) is 11.5 Å². The molecule has 1 aromatic heterocycles. The molecule has 6 rings (SSSR count). The van der Waals surface area contributed by atoms with Gasteiger partial charge in [0.15, 0.2) is 11.7 Å². The lowest BCUT2D eigenvalue weighted by molar-refractivity contribution is -0.348. The lowest BCUT2D eigenvalue weighted by Crippen LogP contribution is -2.83. The average Bonchev–Trinajstić information content (AvgIpc) is 3.89. The van der Waals surface area contributed by atoms with Gasteiger partial charge in [-0.15, -0.1) is 0 Å². The van der Waals surface area contributed by atoms with Crippen molar-refractivity contribution in [2.24, 2.45) is 28.6 Å². The third kappa shape index (κ3) is 10.7. The highest BCUT2D eigenvalue weighted by atomic mass is 32.2. The number of alkyl halides is 3. The van der Waals surface area contributed by atoms with Crippen molar-refractivity contribution >= 4 is 54.0 Å². The van der Waals surface area contributed by atoms with Crippen molar-refractivity contribution in [1.82, 2.24) is 5.32 Å². The van der Waals surface area contributed by atoms with Crippen molar-refractivity contribution in [2.75, 3.05) is 20.8 Å². The molecule has 2 bridgehead atoms. The number of alkyl carbamates (subject to hydrolysis) is 1. The number of ether oxygens (including phenoxy) is 7. The van der Waals surface area contributed by atoms with Crippen molar-refractivity contribution in [2.45, 2.75) is 185 Å². The second kappa shape index (κ2) is 21.8. The van der Waals surface area contributed by atoms with Gasteiger partial charge in [-0.3, -0.25) is 18.6 Å². The minimum absolute atomic E-state index is 0.0400. The number of carbonyl (C=O) groups excluding carboxylic acids is 6. The highest BCUT2D eigenvalue weighted by molar-refractivity contribution is 7.87. The van der Waals surface area contributed by atoms with Crippen LogP contribution in [0.1, 0.15) is 132 Å². The Morgan fingerprint density at radius 2 is 1.54 bits per heavy atom. The van der Waals surface area contributed by atoms with E-state index in [1.54, 1.807) is 20.8 Å². The van der Waals surface area contributed by atoms with Crippen molar-refractivity contribution in [3.8, 4) is 11.5 Å². The molecule has 78 heavy (non-hydrogen) atoms. The van der Waals surface area contributed by atoms with Gasteiger partial charge in [0.1, 0.15) is 58.4 Å². The summed E-state index contributed by atoms with van der Waals surface area (Å²) < 4.78 is 128. The molecule has 436 valence electrons. The van der Waals surface area contributed by atoms with Crippen molar-refractivity contribution < 1.29 is 102 Å². The fourth-order valence-corrected chi connectivity index (χ4v) is 19.3. The number of aliphatic hydroxyl groups is 1. The molecule has 1 amide bonds. The summed E-state index contributed by atoms with van der Waals surface area (Å²) in [5, 5.41) is 16.8. The number of halogens is 3. The molecular formula is C53H74F3NO19SSi. The van der Waals surface area contributed by atoms with Crippen LogP contribution in [-0.4, -0.2) is 131 Å². The first-order valence-electron chi connectivity index (χ1n) is 25.8. The molecule has 25 heteroatoms. The molecule has 20 nitrogen and oxygen atoms in total. The van der Waals surface area contributed by atoms with Gasteiger partial charge in [0.25, 0.3) is 0 Å². The molecular weight excluding hydrogens is 1070 g/mol. The zero-order valence-corrected chi connectivity index (χ0v) is 48.7. The van der Waals surface area contributed by atoms with Gasteiger partial charge in [-0.05, 0) is 74.7 Å². The van der Waals surface area contributed by atoms with Gasteiger partial charge in [0.2, 0.25) is 19.9 Å². The summed E-state index contributed by atoms with van der Waals surface area (Å²) in [4.78, 5) is 89.0. The van der Waals surface area contributed by atoms with E-state index in [1.165, 1.54) is 71.6 Å². The highest BCUT2D eigenvalue weighted by Crippen LogP contribution is 2.65. The number of fused-ring (bicyclic) bond motifs is 5. The number of hydrogen-bond acceptors (Lipinski definition) is 19. The van der Waals surface area contributed by atoms with Gasteiger partial charge in [0.05, 0.1) is 44.5 Å². The van der Waals surface area contributed by atoms with Crippen LogP contribution in [0.2, 0.25) is 16.6 Å². The van der Waals surface area contributed by atoms with E-state index >= 15 is 19.2 Å². The summed E-state index contributed by atoms with van der Waals surface area (Å²) in [5.41, 5.74) is -17.9. The summed E-state index contributed by atoms with van der Waals surface area (Å²) in [6, 6.07) is 5.55. The molecule has 2 heterocycles. The number of nitrogens with one attached hydrogen (secondary N) is 1. The molecule has 2 aromatic rings. The van der Waals surface area contributed by atoms with Crippen LogP contribution in [0.15, 0.2) is 41.0 Å². The van der Waals surface area contributed by atoms with Crippen LogP contribution in [0.25, 0.3) is 0 Å². The molecule has 4 fully saturated rings. The average molecular weight is 1150 g/mol. The van der Waals surface area contributed by atoms with E-state index in [2.05, 4.69) is 5.32 Å². The van der Waals surface area contributed by atoms with Crippen LogP contribution in [-0.2, 0) is 61.6 Å². The smallest absolute Gasteiger partial charge is 0.497 e. The van der Waals surface area contributed by atoms with E-state index in [4.69, 9.17) is 46.2 Å². The molecule has 0 spiro atoms. The zero-order chi connectivity index (χ0) is 58.8. The van der Waals surface area contributed by atoms with Crippen molar-refractivity contribution in [1.29, 1.82) is 0 Å². The number of benzene rings is 1.